The highest BCUT2D eigenvalue weighted by Crippen LogP contribution is 2.19. The number of rotatable bonds is 5. The smallest absolute Gasteiger partial charge is 0.287 e. The minimum atomic E-state index is -0.178. The van der Waals surface area contributed by atoms with E-state index in [1.165, 1.54) is 37.9 Å². The summed E-state index contributed by atoms with van der Waals surface area (Å²) in [4.78, 5) is 14.9. The second-order valence-electron chi connectivity index (χ2n) is 6.99. The molecule has 3 aromatic rings. The van der Waals surface area contributed by atoms with Gasteiger partial charge in [0.2, 0.25) is 0 Å². The molecule has 4 heteroatoms. The number of para-hydroxylation sites is 1. The Morgan fingerprint density at radius 3 is 2.62 bits per heavy atom. The molecule has 0 atom stereocenters. The van der Waals surface area contributed by atoms with E-state index in [-0.39, 0.29) is 5.91 Å². The Hall–Kier alpha value is -2.59. The van der Waals surface area contributed by atoms with E-state index in [0.29, 0.717) is 12.3 Å². The standard InChI is InChI=1S/C22H24N2O2/c25-22(21-14-19-9-2-3-10-20(19)26-21)23-15-17-7-6-8-18(13-17)16-24-11-4-1-5-12-24/h2-3,6-10,13-14H,1,4-5,11-12,15-16H2,(H,23,25). The van der Waals surface area contributed by atoms with Crippen LogP contribution in [0, 0.1) is 0 Å². The van der Waals surface area contributed by atoms with Gasteiger partial charge >= 0.3 is 0 Å². The van der Waals surface area contributed by atoms with E-state index in [2.05, 4.69) is 34.5 Å². The third-order valence-corrected chi connectivity index (χ3v) is 4.95. The number of piperidine rings is 1. The minimum absolute atomic E-state index is 0.178. The zero-order valence-electron chi connectivity index (χ0n) is 14.9. The Labute approximate surface area is 153 Å². The molecular weight excluding hydrogens is 324 g/mol. The summed E-state index contributed by atoms with van der Waals surface area (Å²) >= 11 is 0. The fourth-order valence-corrected chi connectivity index (χ4v) is 3.58. The maximum Gasteiger partial charge on any atom is 0.287 e. The molecule has 2 aromatic carbocycles. The van der Waals surface area contributed by atoms with Gasteiger partial charge in [-0.05, 0) is 49.2 Å². The minimum Gasteiger partial charge on any atom is -0.451 e. The van der Waals surface area contributed by atoms with E-state index in [1.54, 1.807) is 6.07 Å². The van der Waals surface area contributed by atoms with Gasteiger partial charge < -0.3 is 9.73 Å². The summed E-state index contributed by atoms with van der Waals surface area (Å²) in [7, 11) is 0. The van der Waals surface area contributed by atoms with Crippen molar-refractivity contribution in [3.63, 3.8) is 0 Å². The average Bonchev–Trinajstić information content (AvgIpc) is 3.12. The molecule has 1 aliphatic heterocycles. The van der Waals surface area contributed by atoms with Crippen molar-refractivity contribution in [3.05, 3.63) is 71.5 Å². The van der Waals surface area contributed by atoms with Gasteiger partial charge in [-0.15, -0.1) is 0 Å². The largest absolute Gasteiger partial charge is 0.451 e. The number of carbonyl (C=O) groups is 1. The predicted octanol–water partition coefficient (Wildman–Crippen LogP) is 4.35. The quantitative estimate of drug-likeness (QED) is 0.746. The molecule has 4 nitrogen and oxygen atoms in total. The molecule has 0 bridgehead atoms. The van der Waals surface area contributed by atoms with Crippen LogP contribution in [0.15, 0.2) is 59.0 Å². The van der Waals surface area contributed by atoms with Gasteiger partial charge in [0.15, 0.2) is 5.76 Å². The first-order chi connectivity index (χ1) is 12.8. The zero-order chi connectivity index (χ0) is 17.8. The lowest BCUT2D eigenvalue weighted by atomic mass is 10.1. The number of benzene rings is 2. The predicted molar refractivity (Wildman–Crippen MR) is 103 cm³/mol. The molecule has 1 saturated heterocycles. The summed E-state index contributed by atoms with van der Waals surface area (Å²) in [6.45, 7) is 3.87. The van der Waals surface area contributed by atoms with Crippen molar-refractivity contribution in [2.24, 2.45) is 0 Å². The van der Waals surface area contributed by atoms with Crippen LogP contribution in [0.1, 0.15) is 40.9 Å². The average molecular weight is 348 g/mol. The van der Waals surface area contributed by atoms with Gasteiger partial charge in [-0.3, -0.25) is 9.69 Å². The fraction of sp³-hybridized carbons (Fsp3) is 0.318. The molecule has 0 saturated carbocycles. The maximum absolute atomic E-state index is 12.4. The first-order valence-corrected chi connectivity index (χ1v) is 9.35. The summed E-state index contributed by atoms with van der Waals surface area (Å²) in [5, 5.41) is 3.91. The van der Waals surface area contributed by atoms with Crippen LogP contribution < -0.4 is 5.32 Å². The molecule has 0 unspecified atom stereocenters. The summed E-state index contributed by atoms with van der Waals surface area (Å²) in [6, 6.07) is 17.9. The van der Waals surface area contributed by atoms with E-state index < -0.39 is 0 Å². The summed E-state index contributed by atoms with van der Waals surface area (Å²) < 4.78 is 5.62. The van der Waals surface area contributed by atoms with E-state index in [9.17, 15) is 4.79 Å². The van der Waals surface area contributed by atoms with Gasteiger partial charge in [-0.25, -0.2) is 0 Å². The van der Waals surface area contributed by atoms with Crippen molar-refractivity contribution in [2.45, 2.75) is 32.4 Å². The number of nitrogens with zero attached hydrogens (tertiary/aromatic N) is 1. The van der Waals surface area contributed by atoms with E-state index in [1.807, 2.05) is 24.3 Å². The van der Waals surface area contributed by atoms with Crippen LogP contribution in [0.5, 0.6) is 0 Å². The zero-order valence-corrected chi connectivity index (χ0v) is 14.9. The molecule has 1 N–H and O–H groups in total. The summed E-state index contributed by atoms with van der Waals surface area (Å²) in [6.07, 6.45) is 3.95. The number of amides is 1. The molecule has 1 aromatic heterocycles. The highest BCUT2D eigenvalue weighted by atomic mass is 16.3. The molecule has 0 aliphatic carbocycles. The van der Waals surface area contributed by atoms with Gasteiger partial charge in [0.25, 0.3) is 5.91 Å². The van der Waals surface area contributed by atoms with Crippen LogP contribution >= 0.6 is 0 Å². The Morgan fingerprint density at radius 1 is 0.962 bits per heavy atom. The van der Waals surface area contributed by atoms with Gasteiger partial charge in [0.05, 0.1) is 0 Å². The molecule has 0 radical (unpaired) electrons. The van der Waals surface area contributed by atoms with Crippen molar-refractivity contribution >= 4 is 16.9 Å². The van der Waals surface area contributed by atoms with Crippen LogP contribution in [0.2, 0.25) is 0 Å². The first kappa shape index (κ1) is 16.9. The molecule has 1 aliphatic rings. The van der Waals surface area contributed by atoms with Crippen molar-refractivity contribution in [1.29, 1.82) is 0 Å². The SMILES string of the molecule is O=C(NCc1cccc(CN2CCCCC2)c1)c1cc2ccccc2o1. The van der Waals surface area contributed by atoms with E-state index in [4.69, 9.17) is 4.42 Å². The van der Waals surface area contributed by atoms with E-state index >= 15 is 0 Å². The molecule has 1 amide bonds. The van der Waals surface area contributed by atoms with Crippen LogP contribution in [0.25, 0.3) is 11.0 Å². The summed E-state index contributed by atoms with van der Waals surface area (Å²) in [5.41, 5.74) is 3.16. The van der Waals surface area contributed by atoms with E-state index in [0.717, 1.165) is 23.1 Å². The third-order valence-electron chi connectivity index (χ3n) is 4.95. The number of carbonyl (C=O) groups excluding carboxylic acids is 1. The van der Waals surface area contributed by atoms with Crippen LogP contribution in [-0.2, 0) is 13.1 Å². The number of nitrogens with one attached hydrogen (secondary N) is 1. The Balaban J connectivity index is 1.37. The van der Waals surface area contributed by atoms with Crippen molar-refractivity contribution in [3.8, 4) is 0 Å². The number of hydrogen-bond acceptors (Lipinski definition) is 3. The van der Waals surface area contributed by atoms with Gasteiger partial charge in [-0.2, -0.15) is 0 Å². The number of furan rings is 1. The number of likely N-dealkylation sites (tertiary alicyclic amines) is 1. The van der Waals surface area contributed by atoms with Crippen LogP contribution in [-0.4, -0.2) is 23.9 Å². The highest BCUT2D eigenvalue weighted by Gasteiger charge is 2.13. The Bertz CT molecular complexity index is 861. The Kier molecular flexibility index (Phi) is 5.02. The van der Waals surface area contributed by atoms with Crippen molar-refractivity contribution in [2.75, 3.05) is 13.1 Å². The van der Waals surface area contributed by atoms with Gasteiger partial charge in [0.1, 0.15) is 5.58 Å². The lowest BCUT2D eigenvalue weighted by Gasteiger charge is -2.26. The fourth-order valence-electron chi connectivity index (χ4n) is 3.58. The lowest BCUT2D eigenvalue weighted by molar-refractivity contribution is 0.0925. The molecule has 134 valence electrons. The van der Waals surface area contributed by atoms with Gasteiger partial charge in [-0.1, -0.05) is 48.9 Å². The van der Waals surface area contributed by atoms with Gasteiger partial charge in [0, 0.05) is 18.5 Å². The summed E-state index contributed by atoms with van der Waals surface area (Å²) in [5.74, 6) is 0.179. The third kappa shape index (κ3) is 3.97. The second-order valence-corrected chi connectivity index (χ2v) is 6.99. The van der Waals surface area contributed by atoms with Crippen molar-refractivity contribution < 1.29 is 9.21 Å². The topological polar surface area (TPSA) is 45.5 Å². The lowest BCUT2D eigenvalue weighted by Crippen LogP contribution is -2.29. The second kappa shape index (κ2) is 7.75. The maximum atomic E-state index is 12.4. The first-order valence-electron chi connectivity index (χ1n) is 9.35. The molecule has 26 heavy (non-hydrogen) atoms. The molecule has 0 spiro atoms. The normalized spacial score (nSPS) is 15.2. The number of hydrogen-bond donors (Lipinski definition) is 1. The Morgan fingerprint density at radius 2 is 1.77 bits per heavy atom. The van der Waals surface area contributed by atoms with Crippen LogP contribution in [0.3, 0.4) is 0 Å². The molecule has 4 rings (SSSR count). The van der Waals surface area contributed by atoms with Crippen molar-refractivity contribution in [1.82, 2.24) is 10.2 Å². The van der Waals surface area contributed by atoms with Crippen LogP contribution in [0.4, 0.5) is 0 Å². The number of fused-ring (bicyclic) bond motifs is 1. The highest BCUT2D eigenvalue weighted by molar-refractivity contribution is 5.96. The molecular formula is C22H24N2O2. The monoisotopic (exact) mass is 348 g/mol. The molecule has 2 heterocycles. The molecule has 1 fully saturated rings.